The largest absolute Gasteiger partial charge is 0.381 e. The first kappa shape index (κ1) is 15.3. The van der Waals surface area contributed by atoms with Crippen LogP contribution in [0.3, 0.4) is 0 Å². The summed E-state index contributed by atoms with van der Waals surface area (Å²) in [5.74, 6) is 0.837. The van der Waals surface area contributed by atoms with Crippen molar-refractivity contribution in [1.29, 1.82) is 0 Å². The molecule has 0 bridgehead atoms. The van der Waals surface area contributed by atoms with Crippen LogP contribution in [0.4, 0.5) is 0 Å². The van der Waals surface area contributed by atoms with E-state index in [-0.39, 0.29) is 11.3 Å². The molecule has 4 nitrogen and oxygen atoms in total. The lowest BCUT2D eigenvalue weighted by Gasteiger charge is -2.37. The SMILES string of the molecule is CCCNC(C1CCOCC1)C1CCCCS1(=O)=O. The molecule has 0 amide bonds. The number of nitrogens with one attached hydrogen (secondary N) is 1. The lowest BCUT2D eigenvalue weighted by Crippen LogP contribution is -2.52. The average molecular weight is 289 g/mol. The van der Waals surface area contributed by atoms with E-state index in [1.165, 1.54) is 0 Å². The van der Waals surface area contributed by atoms with Gasteiger partial charge in [0.05, 0.1) is 11.0 Å². The van der Waals surface area contributed by atoms with Crippen molar-refractivity contribution in [2.75, 3.05) is 25.5 Å². The van der Waals surface area contributed by atoms with Crippen LogP contribution in [0.2, 0.25) is 0 Å². The van der Waals surface area contributed by atoms with Gasteiger partial charge in [0.1, 0.15) is 0 Å². The topological polar surface area (TPSA) is 55.4 Å². The standard InChI is InChI=1S/C14H27NO3S/c1-2-8-15-14(12-6-9-18-10-7-12)13-5-3-4-11-19(13,16)17/h12-15H,2-11H2,1H3. The highest BCUT2D eigenvalue weighted by Crippen LogP contribution is 2.30. The highest BCUT2D eigenvalue weighted by atomic mass is 32.2. The van der Waals surface area contributed by atoms with E-state index in [1.54, 1.807) is 0 Å². The third-order valence-electron chi connectivity index (χ3n) is 4.43. The fourth-order valence-electron chi connectivity index (χ4n) is 3.37. The van der Waals surface area contributed by atoms with Crippen LogP contribution in [0.5, 0.6) is 0 Å². The fraction of sp³-hybridized carbons (Fsp3) is 1.00. The Balaban J connectivity index is 2.10. The van der Waals surface area contributed by atoms with Crippen LogP contribution in [0, 0.1) is 5.92 Å². The zero-order chi connectivity index (χ0) is 13.7. The number of hydrogen-bond acceptors (Lipinski definition) is 4. The van der Waals surface area contributed by atoms with Gasteiger partial charge in [-0.15, -0.1) is 0 Å². The van der Waals surface area contributed by atoms with Crippen LogP contribution in [-0.4, -0.2) is 45.2 Å². The molecule has 0 spiro atoms. The Morgan fingerprint density at radius 1 is 1.21 bits per heavy atom. The molecular weight excluding hydrogens is 262 g/mol. The molecule has 2 atom stereocenters. The molecule has 1 N–H and O–H groups in total. The van der Waals surface area contributed by atoms with Crippen molar-refractivity contribution in [2.45, 2.75) is 56.7 Å². The molecule has 2 heterocycles. The summed E-state index contributed by atoms with van der Waals surface area (Å²) < 4.78 is 30.1. The predicted molar refractivity (Wildman–Crippen MR) is 77.1 cm³/mol. The van der Waals surface area contributed by atoms with E-state index in [9.17, 15) is 8.42 Å². The molecular formula is C14H27NO3S. The van der Waals surface area contributed by atoms with E-state index < -0.39 is 9.84 Å². The van der Waals surface area contributed by atoms with Gasteiger partial charge in [-0.2, -0.15) is 0 Å². The Bertz CT molecular complexity index is 363. The van der Waals surface area contributed by atoms with Gasteiger partial charge < -0.3 is 10.1 Å². The van der Waals surface area contributed by atoms with Gasteiger partial charge in [-0.3, -0.25) is 0 Å². The Morgan fingerprint density at radius 3 is 2.58 bits per heavy atom. The van der Waals surface area contributed by atoms with Crippen molar-refractivity contribution in [1.82, 2.24) is 5.32 Å². The number of sulfone groups is 1. The minimum Gasteiger partial charge on any atom is -0.381 e. The molecule has 0 aromatic heterocycles. The Kier molecular flexibility index (Phi) is 5.66. The highest BCUT2D eigenvalue weighted by molar-refractivity contribution is 7.92. The summed E-state index contributed by atoms with van der Waals surface area (Å²) in [4.78, 5) is 0. The van der Waals surface area contributed by atoms with Gasteiger partial charge in [0.15, 0.2) is 9.84 Å². The minimum atomic E-state index is -2.91. The monoisotopic (exact) mass is 289 g/mol. The average Bonchev–Trinajstić information content (AvgIpc) is 2.42. The first-order valence-corrected chi connectivity index (χ1v) is 9.39. The molecule has 19 heavy (non-hydrogen) atoms. The molecule has 2 unspecified atom stereocenters. The third-order valence-corrected chi connectivity index (χ3v) is 6.74. The fourth-order valence-corrected chi connectivity index (χ4v) is 5.57. The molecule has 2 aliphatic rings. The van der Waals surface area contributed by atoms with Crippen molar-refractivity contribution in [3.63, 3.8) is 0 Å². The van der Waals surface area contributed by atoms with Gasteiger partial charge in [0, 0.05) is 19.3 Å². The lowest BCUT2D eigenvalue weighted by molar-refractivity contribution is 0.0525. The number of ether oxygens (including phenoxy) is 1. The highest BCUT2D eigenvalue weighted by Gasteiger charge is 2.39. The van der Waals surface area contributed by atoms with Crippen LogP contribution in [0.1, 0.15) is 45.4 Å². The van der Waals surface area contributed by atoms with E-state index in [4.69, 9.17) is 4.74 Å². The predicted octanol–water partition coefficient (Wildman–Crippen LogP) is 1.75. The molecule has 2 fully saturated rings. The van der Waals surface area contributed by atoms with Crippen LogP contribution in [0.15, 0.2) is 0 Å². The van der Waals surface area contributed by atoms with Gasteiger partial charge in [-0.05, 0) is 44.6 Å². The van der Waals surface area contributed by atoms with Crippen molar-refractivity contribution >= 4 is 9.84 Å². The summed E-state index contributed by atoms with van der Waals surface area (Å²) in [6.07, 6.45) is 5.76. The van der Waals surface area contributed by atoms with Crippen molar-refractivity contribution in [3.05, 3.63) is 0 Å². The maximum Gasteiger partial charge on any atom is 0.154 e. The molecule has 2 saturated heterocycles. The molecule has 0 aromatic rings. The number of hydrogen-bond donors (Lipinski definition) is 1. The quantitative estimate of drug-likeness (QED) is 0.838. The number of rotatable bonds is 5. The molecule has 112 valence electrons. The first-order chi connectivity index (χ1) is 9.15. The first-order valence-electron chi connectivity index (χ1n) is 7.68. The zero-order valence-electron chi connectivity index (χ0n) is 11.9. The van der Waals surface area contributed by atoms with E-state index in [0.29, 0.717) is 11.7 Å². The summed E-state index contributed by atoms with van der Waals surface area (Å²) in [7, 11) is -2.91. The van der Waals surface area contributed by atoms with E-state index in [0.717, 1.165) is 58.3 Å². The summed E-state index contributed by atoms with van der Waals surface area (Å²) in [6, 6.07) is 0.133. The van der Waals surface area contributed by atoms with Crippen LogP contribution in [-0.2, 0) is 14.6 Å². The van der Waals surface area contributed by atoms with Gasteiger partial charge in [-0.1, -0.05) is 13.3 Å². The Morgan fingerprint density at radius 2 is 1.95 bits per heavy atom. The van der Waals surface area contributed by atoms with Gasteiger partial charge >= 0.3 is 0 Å². The molecule has 0 aromatic carbocycles. The van der Waals surface area contributed by atoms with E-state index >= 15 is 0 Å². The zero-order valence-corrected chi connectivity index (χ0v) is 12.8. The molecule has 5 heteroatoms. The molecule has 2 rings (SSSR count). The Hall–Kier alpha value is -0.130. The minimum absolute atomic E-state index is 0.133. The van der Waals surface area contributed by atoms with Crippen LogP contribution in [0.25, 0.3) is 0 Å². The maximum absolute atomic E-state index is 12.4. The molecule has 0 aliphatic carbocycles. The van der Waals surface area contributed by atoms with Crippen molar-refractivity contribution in [2.24, 2.45) is 5.92 Å². The summed E-state index contributed by atoms with van der Waals surface area (Å²) in [5, 5.41) is 3.36. The smallest absolute Gasteiger partial charge is 0.154 e. The normalized spacial score (nSPS) is 30.1. The molecule has 0 saturated carbocycles. The summed E-state index contributed by atoms with van der Waals surface area (Å²) in [5.41, 5.74) is 0. The van der Waals surface area contributed by atoms with Gasteiger partial charge in [0.2, 0.25) is 0 Å². The van der Waals surface area contributed by atoms with Crippen LogP contribution < -0.4 is 5.32 Å². The second-order valence-corrected chi connectivity index (χ2v) is 8.17. The second-order valence-electron chi connectivity index (χ2n) is 5.83. The summed E-state index contributed by atoms with van der Waals surface area (Å²) >= 11 is 0. The molecule has 0 radical (unpaired) electrons. The maximum atomic E-state index is 12.4. The molecule has 2 aliphatic heterocycles. The third kappa shape index (κ3) is 3.92. The van der Waals surface area contributed by atoms with Crippen LogP contribution >= 0.6 is 0 Å². The summed E-state index contributed by atoms with van der Waals surface area (Å²) in [6.45, 7) is 4.60. The van der Waals surface area contributed by atoms with E-state index in [1.807, 2.05) is 0 Å². The van der Waals surface area contributed by atoms with Gasteiger partial charge in [0.25, 0.3) is 0 Å². The second kappa shape index (κ2) is 7.04. The van der Waals surface area contributed by atoms with Crippen molar-refractivity contribution < 1.29 is 13.2 Å². The Labute approximate surface area is 117 Å². The van der Waals surface area contributed by atoms with Crippen molar-refractivity contribution in [3.8, 4) is 0 Å². The van der Waals surface area contributed by atoms with E-state index in [2.05, 4.69) is 12.2 Å². The lowest BCUT2D eigenvalue weighted by atomic mass is 9.87. The van der Waals surface area contributed by atoms with Gasteiger partial charge in [-0.25, -0.2) is 8.42 Å².